The van der Waals surface area contributed by atoms with Crippen LogP contribution in [0, 0.1) is 13.8 Å². The molecule has 1 aromatic rings. The first-order chi connectivity index (χ1) is 7.99. The molecule has 0 fully saturated rings. The molecule has 4 heteroatoms. The normalized spacial score (nSPS) is 11.6. The van der Waals surface area contributed by atoms with Gasteiger partial charge in [-0.05, 0) is 38.3 Å². The lowest BCUT2D eigenvalue weighted by Crippen LogP contribution is -2.25. The molecule has 0 spiro atoms. The number of benzene rings is 1. The third-order valence-electron chi connectivity index (χ3n) is 2.80. The number of nitrogens with one attached hydrogen (secondary N) is 1. The average molecular weight is 271 g/mol. The van der Waals surface area contributed by atoms with Gasteiger partial charge in [0, 0.05) is 19.0 Å². The molecule has 1 aromatic carbocycles. The number of carbonyl (C=O) groups excluding carboxylic acids is 1. The number of rotatable bonds is 5. The maximum Gasteiger partial charge on any atom is 0.220 e. The standard InChI is InChI=1S/C14H22N2O.ClH/c1-10-4-6-13(11(2)8-10)9-16-14(17)7-5-12(3)15;/h4,6,8,12H,5,7,9,15H2,1-3H3,(H,16,17);1H. The molecule has 0 bridgehead atoms. The maximum atomic E-state index is 11.5. The van der Waals surface area contributed by atoms with Crippen molar-refractivity contribution < 1.29 is 4.79 Å². The van der Waals surface area contributed by atoms with E-state index in [2.05, 4.69) is 37.4 Å². The Bertz CT molecular complexity index is 391. The zero-order valence-electron chi connectivity index (χ0n) is 11.3. The Hall–Kier alpha value is -1.06. The smallest absolute Gasteiger partial charge is 0.220 e. The van der Waals surface area contributed by atoms with Crippen LogP contribution in [-0.4, -0.2) is 11.9 Å². The molecular formula is C14H23ClN2O. The van der Waals surface area contributed by atoms with Crippen LogP contribution in [0.3, 0.4) is 0 Å². The zero-order valence-corrected chi connectivity index (χ0v) is 12.1. The summed E-state index contributed by atoms with van der Waals surface area (Å²) in [5, 5.41) is 2.92. The van der Waals surface area contributed by atoms with Crippen molar-refractivity contribution in [3.05, 3.63) is 34.9 Å². The number of nitrogens with two attached hydrogens (primary N) is 1. The highest BCUT2D eigenvalue weighted by molar-refractivity contribution is 5.85. The molecule has 0 aliphatic carbocycles. The van der Waals surface area contributed by atoms with Gasteiger partial charge in [-0.1, -0.05) is 23.8 Å². The van der Waals surface area contributed by atoms with Crippen LogP contribution in [0.4, 0.5) is 0 Å². The Morgan fingerprint density at radius 1 is 1.39 bits per heavy atom. The first-order valence-corrected chi connectivity index (χ1v) is 6.07. The summed E-state index contributed by atoms with van der Waals surface area (Å²) in [6, 6.07) is 6.35. The van der Waals surface area contributed by atoms with Crippen LogP contribution < -0.4 is 11.1 Å². The van der Waals surface area contributed by atoms with E-state index >= 15 is 0 Å². The van der Waals surface area contributed by atoms with Gasteiger partial charge in [-0.2, -0.15) is 0 Å². The molecule has 1 rings (SSSR count). The lowest BCUT2D eigenvalue weighted by molar-refractivity contribution is -0.121. The highest BCUT2D eigenvalue weighted by Gasteiger charge is 2.04. The Labute approximate surface area is 116 Å². The molecule has 1 amide bonds. The van der Waals surface area contributed by atoms with Gasteiger partial charge in [0.25, 0.3) is 0 Å². The van der Waals surface area contributed by atoms with Crippen LogP contribution in [0.1, 0.15) is 36.5 Å². The van der Waals surface area contributed by atoms with E-state index in [9.17, 15) is 4.79 Å². The number of halogens is 1. The summed E-state index contributed by atoms with van der Waals surface area (Å²) in [5.74, 6) is 0.0716. The molecule has 0 aliphatic rings. The van der Waals surface area contributed by atoms with E-state index in [1.807, 2.05) is 6.92 Å². The van der Waals surface area contributed by atoms with Crippen molar-refractivity contribution in [1.82, 2.24) is 5.32 Å². The van der Waals surface area contributed by atoms with E-state index in [0.29, 0.717) is 13.0 Å². The maximum absolute atomic E-state index is 11.5. The summed E-state index contributed by atoms with van der Waals surface area (Å²) in [7, 11) is 0. The van der Waals surface area contributed by atoms with E-state index in [0.717, 1.165) is 6.42 Å². The van der Waals surface area contributed by atoms with Crippen LogP contribution in [0.15, 0.2) is 18.2 Å². The second-order valence-electron chi connectivity index (χ2n) is 4.72. The third kappa shape index (κ3) is 6.03. The van der Waals surface area contributed by atoms with Gasteiger partial charge in [-0.3, -0.25) is 4.79 Å². The molecule has 0 heterocycles. The van der Waals surface area contributed by atoms with Crippen molar-refractivity contribution >= 4 is 18.3 Å². The minimum atomic E-state index is 0. The summed E-state index contributed by atoms with van der Waals surface area (Å²) in [6.45, 7) is 6.65. The Morgan fingerprint density at radius 2 is 2.06 bits per heavy atom. The number of hydrogen-bond donors (Lipinski definition) is 2. The predicted molar refractivity (Wildman–Crippen MR) is 77.9 cm³/mol. The molecule has 1 unspecified atom stereocenters. The van der Waals surface area contributed by atoms with Gasteiger partial charge in [0.05, 0.1) is 0 Å². The lowest BCUT2D eigenvalue weighted by atomic mass is 10.1. The largest absolute Gasteiger partial charge is 0.352 e. The van der Waals surface area contributed by atoms with Crippen molar-refractivity contribution in [3.8, 4) is 0 Å². The van der Waals surface area contributed by atoms with E-state index in [-0.39, 0.29) is 24.4 Å². The Morgan fingerprint density at radius 3 is 2.61 bits per heavy atom. The second kappa shape index (κ2) is 8.11. The minimum Gasteiger partial charge on any atom is -0.352 e. The van der Waals surface area contributed by atoms with Crippen molar-refractivity contribution in [1.29, 1.82) is 0 Å². The summed E-state index contributed by atoms with van der Waals surface area (Å²) < 4.78 is 0. The zero-order chi connectivity index (χ0) is 12.8. The third-order valence-corrected chi connectivity index (χ3v) is 2.80. The molecule has 3 nitrogen and oxygen atoms in total. The SMILES string of the molecule is Cc1ccc(CNC(=O)CCC(C)N)c(C)c1.Cl. The predicted octanol–water partition coefficient (Wildman–Crippen LogP) is 2.47. The highest BCUT2D eigenvalue weighted by atomic mass is 35.5. The number of carbonyl (C=O) groups is 1. The quantitative estimate of drug-likeness (QED) is 0.864. The monoisotopic (exact) mass is 270 g/mol. The van der Waals surface area contributed by atoms with Gasteiger partial charge in [-0.15, -0.1) is 12.4 Å². The number of hydrogen-bond acceptors (Lipinski definition) is 2. The van der Waals surface area contributed by atoms with Crippen LogP contribution in [0.25, 0.3) is 0 Å². The molecule has 0 saturated carbocycles. The molecule has 0 aromatic heterocycles. The topological polar surface area (TPSA) is 55.1 Å². The molecule has 0 saturated heterocycles. The average Bonchev–Trinajstić information content (AvgIpc) is 2.25. The number of amides is 1. The van der Waals surface area contributed by atoms with Gasteiger partial charge < -0.3 is 11.1 Å². The van der Waals surface area contributed by atoms with Gasteiger partial charge in [0.15, 0.2) is 0 Å². The molecule has 1 atom stereocenters. The first kappa shape index (κ1) is 16.9. The van der Waals surface area contributed by atoms with Crippen LogP contribution in [0.5, 0.6) is 0 Å². The summed E-state index contributed by atoms with van der Waals surface area (Å²) >= 11 is 0. The molecule has 3 N–H and O–H groups in total. The summed E-state index contributed by atoms with van der Waals surface area (Å²) in [6.07, 6.45) is 1.24. The van der Waals surface area contributed by atoms with Crippen LogP contribution >= 0.6 is 12.4 Å². The van der Waals surface area contributed by atoms with Crippen molar-refractivity contribution in [2.45, 2.75) is 46.2 Å². The van der Waals surface area contributed by atoms with E-state index in [1.54, 1.807) is 0 Å². The van der Waals surface area contributed by atoms with Crippen LogP contribution in [-0.2, 0) is 11.3 Å². The highest BCUT2D eigenvalue weighted by Crippen LogP contribution is 2.10. The lowest BCUT2D eigenvalue weighted by Gasteiger charge is -2.09. The molecule has 18 heavy (non-hydrogen) atoms. The van der Waals surface area contributed by atoms with E-state index < -0.39 is 0 Å². The van der Waals surface area contributed by atoms with Gasteiger partial charge >= 0.3 is 0 Å². The van der Waals surface area contributed by atoms with Crippen LogP contribution in [0.2, 0.25) is 0 Å². The van der Waals surface area contributed by atoms with Crippen molar-refractivity contribution in [3.63, 3.8) is 0 Å². The summed E-state index contributed by atoms with van der Waals surface area (Å²) in [4.78, 5) is 11.5. The van der Waals surface area contributed by atoms with Gasteiger partial charge in [-0.25, -0.2) is 0 Å². The van der Waals surface area contributed by atoms with Crippen molar-refractivity contribution in [2.24, 2.45) is 5.73 Å². The Balaban J connectivity index is 0.00000289. The van der Waals surface area contributed by atoms with E-state index in [4.69, 9.17) is 5.73 Å². The van der Waals surface area contributed by atoms with Gasteiger partial charge in [0.1, 0.15) is 0 Å². The second-order valence-corrected chi connectivity index (χ2v) is 4.72. The molecule has 0 aliphatic heterocycles. The molecular weight excluding hydrogens is 248 g/mol. The Kier molecular flexibility index (Phi) is 7.64. The fourth-order valence-corrected chi connectivity index (χ4v) is 1.69. The number of aryl methyl sites for hydroxylation is 2. The van der Waals surface area contributed by atoms with E-state index in [1.165, 1.54) is 16.7 Å². The van der Waals surface area contributed by atoms with Gasteiger partial charge in [0.2, 0.25) is 5.91 Å². The molecule has 0 radical (unpaired) electrons. The fraction of sp³-hybridized carbons (Fsp3) is 0.500. The minimum absolute atomic E-state index is 0. The summed E-state index contributed by atoms with van der Waals surface area (Å²) in [5.41, 5.74) is 9.24. The first-order valence-electron chi connectivity index (χ1n) is 6.07. The van der Waals surface area contributed by atoms with Crippen molar-refractivity contribution in [2.75, 3.05) is 0 Å². The fourth-order valence-electron chi connectivity index (χ4n) is 1.69. The molecule has 102 valence electrons.